The van der Waals surface area contributed by atoms with E-state index in [4.69, 9.17) is 5.73 Å². The minimum Gasteiger partial charge on any atom is -0.370 e. The van der Waals surface area contributed by atoms with Crippen molar-refractivity contribution in [2.45, 2.75) is 45.1 Å². The van der Waals surface area contributed by atoms with Gasteiger partial charge in [0.1, 0.15) is 0 Å². The van der Waals surface area contributed by atoms with Crippen molar-refractivity contribution < 1.29 is 0 Å². The van der Waals surface area contributed by atoms with E-state index >= 15 is 0 Å². The first-order valence-electron chi connectivity index (χ1n) is 8.05. The highest BCUT2D eigenvalue weighted by Gasteiger charge is 2.18. The van der Waals surface area contributed by atoms with Gasteiger partial charge in [0, 0.05) is 18.3 Å². The third-order valence-electron chi connectivity index (χ3n) is 4.32. The van der Waals surface area contributed by atoms with Gasteiger partial charge < -0.3 is 16.0 Å². The first-order valence-corrected chi connectivity index (χ1v) is 8.05. The monoisotopic (exact) mass is 288 g/mol. The number of benzene rings is 1. The van der Waals surface area contributed by atoms with E-state index in [2.05, 4.69) is 41.3 Å². The molecule has 0 spiro atoms. The topological polar surface area (TPSA) is 53.6 Å². The van der Waals surface area contributed by atoms with Crippen LogP contribution in [0.5, 0.6) is 0 Å². The Labute approximate surface area is 128 Å². The molecule has 0 aromatic heterocycles. The number of likely N-dealkylation sites (N-methyl/N-ethyl adjacent to an activating group) is 1. The Hall–Kier alpha value is -1.55. The lowest BCUT2D eigenvalue weighted by molar-refractivity contribution is 0.252. The van der Waals surface area contributed by atoms with Crippen LogP contribution in [0.1, 0.15) is 38.2 Å². The molecule has 21 heavy (non-hydrogen) atoms. The van der Waals surface area contributed by atoms with E-state index in [1.807, 2.05) is 12.1 Å². The molecule has 4 nitrogen and oxygen atoms in total. The summed E-state index contributed by atoms with van der Waals surface area (Å²) in [5.41, 5.74) is 8.26. The molecule has 1 saturated carbocycles. The summed E-state index contributed by atoms with van der Waals surface area (Å²) in [4.78, 5) is 6.83. The lowest BCUT2D eigenvalue weighted by atomic mass is 10.1. The maximum Gasteiger partial charge on any atom is 0.193 e. The Kier molecular flexibility index (Phi) is 6.05. The number of aryl methyl sites for hydroxylation is 1. The van der Waals surface area contributed by atoms with Gasteiger partial charge in [-0.1, -0.05) is 31.9 Å². The van der Waals surface area contributed by atoms with Crippen molar-refractivity contribution >= 4 is 11.6 Å². The zero-order valence-corrected chi connectivity index (χ0v) is 13.3. The van der Waals surface area contributed by atoms with Crippen LogP contribution in [0.4, 0.5) is 5.69 Å². The number of nitrogens with one attached hydrogen (secondary N) is 1. The predicted octanol–water partition coefficient (Wildman–Crippen LogP) is 2.85. The molecule has 116 valence electrons. The summed E-state index contributed by atoms with van der Waals surface area (Å²) in [6, 6.07) is 9.07. The Balaban J connectivity index is 1.75. The maximum atomic E-state index is 5.94. The van der Waals surface area contributed by atoms with Gasteiger partial charge in [-0.2, -0.15) is 0 Å². The number of anilines is 1. The van der Waals surface area contributed by atoms with E-state index in [1.54, 1.807) is 0 Å². The van der Waals surface area contributed by atoms with E-state index in [0.717, 1.165) is 31.2 Å². The van der Waals surface area contributed by atoms with Gasteiger partial charge >= 0.3 is 0 Å². The van der Waals surface area contributed by atoms with Gasteiger partial charge in [0.05, 0.1) is 6.54 Å². The number of rotatable bonds is 6. The molecule has 0 unspecified atom stereocenters. The van der Waals surface area contributed by atoms with Gasteiger partial charge in [-0.05, 0) is 44.0 Å². The molecule has 1 aliphatic carbocycles. The minimum absolute atomic E-state index is 0.499. The highest BCUT2D eigenvalue weighted by molar-refractivity contribution is 5.92. The quantitative estimate of drug-likeness (QED) is 0.625. The summed E-state index contributed by atoms with van der Waals surface area (Å²) in [7, 11) is 2.19. The second kappa shape index (κ2) is 8.03. The van der Waals surface area contributed by atoms with Gasteiger partial charge in [-0.25, -0.2) is 0 Å². The lowest BCUT2D eigenvalue weighted by Crippen LogP contribution is -2.32. The molecular weight excluding hydrogens is 260 g/mol. The van der Waals surface area contributed by atoms with Crippen molar-refractivity contribution in [3.63, 3.8) is 0 Å². The van der Waals surface area contributed by atoms with Crippen molar-refractivity contribution in [2.75, 3.05) is 25.5 Å². The zero-order chi connectivity index (χ0) is 15.1. The smallest absolute Gasteiger partial charge is 0.193 e. The second-order valence-electron chi connectivity index (χ2n) is 5.86. The van der Waals surface area contributed by atoms with Crippen molar-refractivity contribution in [1.82, 2.24) is 4.90 Å². The number of hydrogen-bond acceptors (Lipinski definition) is 2. The van der Waals surface area contributed by atoms with Crippen LogP contribution < -0.4 is 11.1 Å². The predicted molar refractivity (Wildman–Crippen MR) is 90.8 cm³/mol. The van der Waals surface area contributed by atoms with E-state index in [0.29, 0.717) is 5.96 Å². The summed E-state index contributed by atoms with van der Waals surface area (Å²) < 4.78 is 0. The van der Waals surface area contributed by atoms with E-state index < -0.39 is 0 Å². The summed E-state index contributed by atoms with van der Waals surface area (Å²) >= 11 is 0. The number of aliphatic imine (C=N–C) groups is 1. The summed E-state index contributed by atoms with van der Waals surface area (Å²) in [6.07, 6.45) is 6.46. The number of nitrogens with two attached hydrogens (primary N) is 1. The normalized spacial score (nSPS) is 16.6. The van der Waals surface area contributed by atoms with Crippen LogP contribution in [0.2, 0.25) is 0 Å². The van der Waals surface area contributed by atoms with Crippen LogP contribution in [-0.4, -0.2) is 37.0 Å². The zero-order valence-electron chi connectivity index (χ0n) is 13.3. The van der Waals surface area contributed by atoms with Crippen LogP contribution in [0.25, 0.3) is 0 Å². The molecule has 0 saturated heterocycles. The molecule has 0 aliphatic heterocycles. The standard InChI is InChI=1S/C17H28N4/c1-3-14-8-10-15(11-9-14)20-17(18)19-12-13-21(2)16-6-4-5-7-16/h8-11,16H,3-7,12-13H2,1-2H3,(H3,18,19,20). The van der Waals surface area contributed by atoms with Crippen LogP contribution >= 0.6 is 0 Å². The Morgan fingerprint density at radius 2 is 1.95 bits per heavy atom. The summed E-state index contributed by atoms with van der Waals surface area (Å²) in [5, 5.41) is 3.15. The molecule has 0 amide bonds. The Morgan fingerprint density at radius 1 is 1.29 bits per heavy atom. The Morgan fingerprint density at radius 3 is 2.57 bits per heavy atom. The molecule has 1 aliphatic rings. The first kappa shape index (κ1) is 15.8. The third-order valence-corrected chi connectivity index (χ3v) is 4.32. The average molecular weight is 288 g/mol. The van der Waals surface area contributed by atoms with Crippen molar-refractivity contribution in [3.8, 4) is 0 Å². The molecule has 3 N–H and O–H groups in total. The molecule has 1 fully saturated rings. The van der Waals surface area contributed by atoms with Crippen LogP contribution in [0.15, 0.2) is 29.3 Å². The van der Waals surface area contributed by atoms with Crippen LogP contribution in [0, 0.1) is 0 Å². The fourth-order valence-electron chi connectivity index (χ4n) is 2.87. The van der Waals surface area contributed by atoms with Gasteiger partial charge in [-0.3, -0.25) is 4.99 Å². The number of guanidine groups is 1. The summed E-state index contributed by atoms with van der Waals surface area (Å²) in [5.74, 6) is 0.499. The van der Waals surface area contributed by atoms with E-state index in [9.17, 15) is 0 Å². The largest absolute Gasteiger partial charge is 0.370 e. The molecular formula is C17H28N4. The first-order chi connectivity index (χ1) is 10.2. The SMILES string of the molecule is CCc1ccc(NC(N)=NCCN(C)C2CCCC2)cc1. The van der Waals surface area contributed by atoms with Gasteiger partial charge in [-0.15, -0.1) is 0 Å². The maximum absolute atomic E-state index is 5.94. The average Bonchev–Trinajstić information content (AvgIpc) is 3.02. The highest BCUT2D eigenvalue weighted by Crippen LogP contribution is 2.21. The van der Waals surface area contributed by atoms with Crippen molar-refractivity contribution in [1.29, 1.82) is 0 Å². The number of hydrogen-bond donors (Lipinski definition) is 2. The summed E-state index contributed by atoms with van der Waals surface area (Å²) in [6.45, 7) is 3.87. The van der Waals surface area contributed by atoms with Crippen LogP contribution in [-0.2, 0) is 6.42 Å². The lowest BCUT2D eigenvalue weighted by Gasteiger charge is -2.22. The van der Waals surface area contributed by atoms with Gasteiger partial charge in [0.15, 0.2) is 5.96 Å². The molecule has 0 atom stereocenters. The molecule has 2 rings (SSSR count). The fraction of sp³-hybridized carbons (Fsp3) is 0.588. The van der Waals surface area contributed by atoms with Crippen molar-refractivity contribution in [2.24, 2.45) is 10.7 Å². The molecule has 1 aromatic rings. The molecule has 0 radical (unpaired) electrons. The molecule has 4 heteroatoms. The molecule has 0 heterocycles. The minimum atomic E-state index is 0.499. The van der Waals surface area contributed by atoms with Crippen molar-refractivity contribution in [3.05, 3.63) is 29.8 Å². The van der Waals surface area contributed by atoms with Crippen LogP contribution in [0.3, 0.4) is 0 Å². The third kappa shape index (κ3) is 5.05. The van der Waals surface area contributed by atoms with E-state index in [-0.39, 0.29) is 0 Å². The second-order valence-corrected chi connectivity index (χ2v) is 5.86. The van der Waals surface area contributed by atoms with E-state index in [1.165, 1.54) is 31.2 Å². The molecule has 1 aromatic carbocycles. The Bertz CT molecular complexity index is 446. The molecule has 0 bridgehead atoms. The number of nitrogens with zero attached hydrogens (tertiary/aromatic N) is 2. The fourth-order valence-corrected chi connectivity index (χ4v) is 2.87. The van der Waals surface area contributed by atoms with Gasteiger partial charge in [0.25, 0.3) is 0 Å². The highest BCUT2D eigenvalue weighted by atomic mass is 15.2. The van der Waals surface area contributed by atoms with Gasteiger partial charge in [0.2, 0.25) is 0 Å².